The molecule has 0 spiro atoms. The fourth-order valence-corrected chi connectivity index (χ4v) is 2.09. The normalized spacial score (nSPS) is 12.1. The molecule has 0 aromatic heterocycles. The zero-order valence-corrected chi connectivity index (χ0v) is 11.9. The molecule has 0 bridgehead atoms. The van der Waals surface area contributed by atoms with Crippen molar-refractivity contribution in [1.82, 2.24) is 0 Å². The van der Waals surface area contributed by atoms with Crippen molar-refractivity contribution in [3.63, 3.8) is 0 Å². The summed E-state index contributed by atoms with van der Waals surface area (Å²) < 4.78 is 24.0. The molecular formula is C15H15ClFNO2. The average molecular weight is 296 g/mol. The first-order valence-corrected chi connectivity index (χ1v) is 6.37. The van der Waals surface area contributed by atoms with Crippen molar-refractivity contribution in [3.8, 4) is 11.5 Å². The molecular weight excluding hydrogens is 281 g/mol. The molecule has 1 unspecified atom stereocenters. The summed E-state index contributed by atoms with van der Waals surface area (Å²) in [5, 5.41) is 0.0681. The Bertz CT molecular complexity index is 619. The van der Waals surface area contributed by atoms with Crippen molar-refractivity contribution in [2.45, 2.75) is 6.04 Å². The van der Waals surface area contributed by atoms with Crippen LogP contribution in [-0.2, 0) is 0 Å². The van der Waals surface area contributed by atoms with Crippen LogP contribution in [0.1, 0.15) is 17.2 Å². The van der Waals surface area contributed by atoms with Gasteiger partial charge in [-0.3, -0.25) is 0 Å². The first-order valence-electron chi connectivity index (χ1n) is 5.99. The molecule has 0 saturated heterocycles. The van der Waals surface area contributed by atoms with Crippen LogP contribution in [0.15, 0.2) is 36.4 Å². The van der Waals surface area contributed by atoms with Gasteiger partial charge in [0.25, 0.3) is 0 Å². The number of benzene rings is 2. The molecule has 0 aliphatic carbocycles. The number of rotatable bonds is 4. The molecule has 2 aromatic rings. The molecule has 0 aliphatic heterocycles. The van der Waals surface area contributed by atoms with Crippen LogP contribution in [0.2, 0.25) is 5.02 Å². The number of hydrogen-bond acceptors (Lipinski definition) is 3. The predicted molar refractivity (Wildman–Crippen MR) is 77.0 cm³/mol. The predicted octanol–water partition coefficient (Wildman–Crippen LogP) is 3.54. The van der Waals surface area contributed by atoms with E-state index in [0.29, 0.717) is 22.6 Å². The molecule has 0 heterocycles. The standard InChI is InChI=1S/C15H15ClFNO2/c1-19-10-4-6-14(20-2)11(8-10)15(18)9-3-5-12(16)13(17)7-9/h3-8,15H,18H2,1-2H3. The van der Waals surface area contributed by atoms with E-state index in [2.05, 4.69) is 0 Å². The largest absolute Gasteiger partial charge is 0.497 e. The zero-order valence-electron chi connectivity index (χ0n) is 11.2. The Hall–Kier alpha value is -1.78. The second-order valence-corrected chi connectivity index (χ2v) is 4.67. The molecule has 0 radical (unpaired) electrons. The van der Waals surface area contributed by atoms with Crippen LogP contribution in [0.4, 0.5) is 4.39 Å². The molecule has 2 rings (SSSR count). The average Bonchev–Trinajstić information content (AvgIpc) is 2.48. The molecule has 0 aliphatic rings. The topological polar surface area (TPSA) is 44.5 Å². The van der Waals surface area contributed by atoms with Gasteiger partial charge in [0.1, 0.15) is 17.3 Å². The van der Waals surface area contributed by atoms with E-state index >= 15 is 0 Å². The van der Waals surface area contributed by atoms with E-state index in [-0.39, 0.29) is 5.02 Å². The summed E-state index contributed by atoms with van der Waals surface area (Å²) in [6, 6.07) is 9.28. The van der Waals surface area contributed by atoms with Gasteiger partial charge in [-0.05, 0) is 35.9 Å². The first-order chi connectivity index (χ1) is 9.56. The lowest BCUT2D eigenvalue weighted by Crippen LogP contribution is -2.13. The van der Waals surface area contributed by atoms with E-state index in [0.717, 1.165) is 0 Å². The van der Waals surface area contributed by atoms with Crippen molar-refractivity contribution in [3.05, 3.63) is 58.4 Å². The lowest BCUT2D eigenvalue weighted by molar-refractivity contribution is 0.397. The molecule has 0 amide bonds. The number of methoxy groups -OCH3 is 2. The third kappa shape index (κ3) is 2.86. The second kappa shape index (κ2) is 6.11. The molecule has 5 heteroatoms. The fourth-order valence-electron chi connectivity index (χ4n) is 1.97. The van der Waals surface area contributed by atoms with Crippen molar-refractivity contribution in [1.29, 1.82) is 0 Å². The van der Waals surface area contributed by atoms with Gasteiger partial charge < -0.3 is 15.2 Å². The van der Waals surface area contributed by atoms with Gasteiger partial charge in [0.05, 0.1) is 25.3 Å². The van der Waals surface area contributed by atoms with Crippen molar-refractivity contribution in [2.24, 2.45) is 5.73 Å². The summed E-state index contributed by atoms with van der Waals surface area (Å²) in [6.07, 6.45) is 0. The molecule has 2 N–H and O–H groups in total. The summed E-state index contributed by atoms with van der Waals surface area (Å²) in [5.41, 5.74) is 7.52. The fraction of sp³-hybridized carbons (Fsp3) is 0.200. The SMILES string of the molecule is COc1ccc(OC)c(C(N)c2ccc(Cl)c(F)c2)c1. The van der Waals surface area contributed by atoms with E-state index in [1.165, 1.54) is 12.1 Å². The van der Waals surface area contributed by atoms with E-state index in [4.69, 9.17) is 26.8 Å². The summed E-state index contributed by atoms with van der Waals surface area (Å²) in [6.45, 7) is 0. The molecule has 3 nitrogen and oxygen atoms in total. The van der Waals surface area contributed by atoms with E-state index < -0.39 is 11.9 Å². The van der Waals surface area contributed by atoms with Crippen LogP contribution in [-0.4, -0.2) is 14.2 Å². The molecule has 2 aromatic carbocycles. The van der Waals surface area contributed by atoms with Gasteiger partial charge in [-0.15, -0.1) is 0 Å². The van der Waals surface area contributed by atoms with E-state index in [9.17, 15) is 4.39 Å². The van der Waals surface area contributed by atoms with Crippen molar-refractivity contribution >= 4 is 11.6 Å². The lowest BCUT2D eigenvalue weighted by atomic mass is 9.98. The van der Waals surface area contributed by atoms with Gasteiger partial charge in [-0.25, -0.2) is 4.39 Å². The van der Waals surface area contributed by atoms with Gasteiger partial charge in [-0.2, -0.15) is 0 Å². The minimum Gasteiger partial charge on any atom is -0.497 e. The van der Waals surface area contributed by atoms with Gasteiger partial charge >= 0.3 is 0 Å². The second-order valence-electron chi connectivity index (χ2n) is 4.26. The van der Waals surface area contributed by atoms with Crippen LogP contribution < -0.4 is 15.2 Å². The highest BCUT2D eigenvalue weighted by molar-refractivity contribution is 6.30. The molecule has 0 saturated carbocycles. The number of ether oxygens (including phenoxy) is 2. The maximum Gasteiger partial charge on any atom is 0.142 e. The Morgan fingerprint density at radius 1 is 1.10 bits per heavy atom. The third-order valence-electron chi connectivity index (χ3n) is 3.07. The van der Waals surface area contributed by atoms with Gasteiger partial charge in [-0.1, -0.05) is 17.7 Å². The Morgan fingerprint density at radius 3 is 2.45 bits per heavy atom. The van der Waals surface area contributed by atoms with Gasteiger partial charge in [0.15, 0.2) is 0 Å². The summed E-state index contributed by atoms with van der Waals surface area (Å²) in [5.74, 6) is 0.779. The van der Waals surface area contributed by atoms with E-state index in [1.807, 2.05) is 0 Å². The zero-order chi connectivity index (χ0) is 14.7. The van der Waals surface area contributed by atoms with Crippen LogP contribution in [0.3, 0.4) is 0 Å². The molecule has 106 valence electrons. The third-order valence-corrected chi connectivity index (χ3v) is 3.38. The van der Waals surface area contributed by atoms with Crippen molar-refractivity contribution < 1.29 is 13.9 Å². The Kier molecular flexibility index (Phi) is 4.47. The van der Waals surface area contributed by atoms with Crippen LogP contribution in [0.25, 0.3) is 0 Å². The Labute approximate surface area is 122 Å². The molecule has 0 fully saturated rings. The summed E-state index contributed by atoms with van der Waals surface area (Å²) >= 11 is 5.68. The number of halogens is 2. The van der Waals surface area contributed by atoms with Crippen LogP contribution >= 0.6 is 11.6 Å². The monoisotopic (exact) mass is 295 g/mol. The molecule has 20 heavy (non-hydrogen) atoms. The lowest BCUT2D eigenvalue weighted by Gasteiger charge is -2.17. The van der Waals surface area contributed by atoms with Crippen molar-refractivity contribution in [2.75, 3.05) is 14.2 Å². The molecule has 1 atom stereocenters. The Balaban J connectivity index is 2.45. The number of nitrogens with two attached hydrogens (primary N) is 1. The number of hydrogen-bond donors (Lipinski definition) is 1. The minimum absolute atomic E-state index is 0.0681. The highest BCUT2D eigenvalue weighted by Gasteiger charge is 2.16. The van der Waals surface area contributed by atoms with Crippen LogP contribution in [0.5, 0.6) is 11.5 Å². The quantitative estimate of drug-likeness (QED) is 0.938. The Morgan fingerprint density at radius 2 is 1.85 bits per heavy atom. The summed E-state index contributed by atoms with van der Waals surface area (Å²) in [7, 11) is 3.12. The maximum atomic E-state index is 13.5. The first kappa shape index (κ1) is 14.6. The van der Waals surface area contributed by atoms with Gasteiger partial charge in [0.2, 0.25) is 0 Å². The smallest absolute Gasteiger partial charge is 0.142 e. The highest BCUT2D eigenvalue weighted by atomic mass is 35.5. The van der Waals surface area contributed by atoms with Gasteiger partial charge in [0, 0.05) is 5.56 Å². The van der Waals surface area contributed by atoms with E-state index in [1.54, 1.807) is 38.5 Å². The minimum atomic E-state index is -0.535. The maximum absolute atomic E-state index is 13.5. The highest BCUT2D eigenvalue weighted by Crippen LogP contribution is 2.32. The summed E-state index contributed by atoms with van der Waals surface area (Å²) in [4.78, 5) is 0. The van der Waals surface area contributed by atoms with Crippen LogP contribution in [0, 0.1) is 5.82 Å².